The number of aromatic nitrogens is 2. The summed E-state index contributed by atoms with van der Waals surface area (Å²) in [6, 6.07) is 0.672. The Morgan fingerprint density at radius 2 is 2.10 bits per heavy atom. The molecule has 1 N–H and O–H groups in total. The Kier molecular flexibility index (Phi) is 5.03. The number of nitrogens with zero attached hydrogens (tertiary/aromatic N) is 2. The summed E-state index contributed by atoms with van der Waals surface area (Å²) in [5.41, 5.74) is 1.75. The fourth-order valence-corrected chi connectivity index (χ4v) is 3.20. The van der Waals surface area contributed by atoms with E-state index in [2.05, 4.69) is 37.8 Å². The third-order valence-electron chi connectivity index (χ3n) is 5.18. The molecular weight excluding hydrogens is 246 g/mol. The van der Waals surface area contributed by atoms with Gasteiger partial charge in [-0.2, -0.15) is 5.10 Å². The van der Waals surface area contributed by atoms with Gasteiger partial charge in [0.2, 0.25) is 0 Å². The Morgan fingerprint density at radius 3 is 2.65 bits per heavy atom. The Hall–Kier alpha value is -1.09. The average molecular weight is 275 g/mol. The molecule has 0 radical (unpaired) electrons. The van der Waals surface area contributed by atoms with Gasteiger partial charge in [-0.05, 0) is 37.0 Å². The second kappa shape index (κ2) is 6.57. The van der Waals surface area contributed by atoms with Crippen LogP contribution in [0.2, 0.25) is 0 Å². The zero-order valence-corrected chi connectivity index (χ0v) is 13.2. The van der Waals surface area contributed by atoms with E-state index < -0.39 is 0 Å². The molecule has 0 saturated heterocycles. The van der Waals surface area contributed by atoms with Gasteiger partial charge in [-0.15, -0.1) is 0 Å². The Morgan fingerprint density at radius 1 is 1.40 bits per heavy atom. The van der Waals surface area contributed by atoms with Crippen molar-refractivity contribution >= 4 is 6.20 Å². The maximum Gasteiger partial charge on any atom is 0.0538 e. The Balaban J connectivity index is 1.76. The summed E-state index contributed by atoms with van der Waals surface area (Å²) in [5.74, 6) is 0.897. The van der Waals surface area contributed by atoms with Crippen molar-refractivity contribution in [2.24, 2.45) is 11.3 Å². The van der Waals surface area contributed by atoms with Gasteiger partial charge in [-0.1, -0.05) is 33.8 Å². The maximum atomic E-state index is 4.21. The van der Waals surface area contributed by atoms with Gasteiger partial charge in [-0.3, -0.25) is 0 Å². The summed E-state index contributed by atoms with van der Waals surface area (Å²) in [6.07, 6.45) is 12.3. The minimum atomic E-state index is 0.510. The van der Waals surface area contributed by atoms with Crippen LogP contribution in [0.1, 0.15) is 58.4 Å². The van der Waals surface area contributed by atoms with Crippen molar-refractivity contribution in [3.8, 4) is 0 Å². The van der Waals surface area contributed by atoms with Gasteiger partial charge in [0, 0.05) is 30.5 Å². The highest BCUT2D eigenvalue weighted by Gasteiger charge is 2.31. The summed E-state index contributed by atoms with van der Waals surface area (Å²) in [7, 11) is 0. The van der Waals surface area contributed by atoms with E-state index in [1.54, 1.807) is 10.9 Å². The first-order valence-electron chi connectivity index (χ1n) is 7.94. The van der Waals surface area contributed by atoms with Gasteiger partial charge in [0.1, 0.15) is 0 Å². The molecule has 0 aromatic carbocycles. The van der Waals surface area contributed by atoms with E-state index in [1.165, 1.54) is 37.7 Å². The van der Waals surface area contributed by atoms with Crippen molar-refractivity contribution in [3.05, 3.63) is 24.5 Å². The third kappa shape index (κ3) is 3.72. The second-order valence-electron chi connectivity index (χ2n) is 6.78. The first-order valence-corrected chi connectivity index (χ1v) is 7.94. The predicted octanol–water partition coefficient (Wildman–Crippen LogP) is 4.07. The lowest BCUT2D eigenvalue weighted by molar-refractivity contribution is 0.137. The molecule has 0 spiro atoms. The van der Waals surface area contributed by atoms with Crippen LogP contribution in [-0.4, -0.2) is 15.8 Å². The van der Waals surface area contributed by atoms with E-state index in [0.717, 1.165) is 12.5 Å². The minimum Gasteiger partial charge on any atom is -0.310 e. The molecule has 0 atom stereocenters. The largest absolute Gasteiger partial charge is 0.310 e. The normalized spacial score (nSPS) is 23.8. The molecule has 1 heterocycles. The highest BCUT2D eigenvalue weighted by Crippen LogP contribution is 2.40. The fourth-order valence-electron chi connectivity index (χ4n) is 3.20. The van der Waals surface area contributed by atoms with Gasteiger partial charge in [0.25, 0.3) is 0 Å². The van der Waals surface area contributed by atoms with Gasteiger partial charge >= 0.3 is 0 Å². The van der Waals surface area contributed by atoms with Crippen molar-refractivity contribution < 1.29 is 0 Å². The molecule has 0 aliphatic heterocycles. The first-order chi connectivity index (χ1) is 9.55. The van der Waals surface area contributed by atoms with E-state index in [9.17, 15) is 0 Å². The van der Waals surface area contributed by atoms with Crippen LogP contribution in [0.4, 0.5) is 0 Å². The molecule has 0 unspecified atom stereocenters. The molecule has 3 nitrogen and oxygen atoms in total. The zero-order chi connectivity index (χ0) is 14.6. The predicted molar refractivity (Wildman–Crippen MR) is 85.3 cm³/mol. The van der Waals surface area contributed by atoms with Gasteiger partial charge < -0.3 is 5.32 Å². The number of hydrogen-bond acceptors (Lipinski definition) is 2. The van der Waals surface area contributed by atoms with E-state index in [1.807, 2.05) is 12.4 Å². The molecule has 1 fully saturated rings. The molecule has 1 aliphatic carbocycles. The quantitative estimate of drug-likeness (QED) is 0.848. The Bertz CT molecular complexity index is 425. The van der Waals surface area contributed by atoms with Crippen molar-refractivity contribution in [3.63, 3.8) is 0 Å². The molecule has 1 aliphatic rings. The summed E-state index contributed by atoms with van der Waals surface area (Å²) >= 11 is 0. The smallest absolute Gasteiger partial charge is 0.0538 e. The minimum absolute atomic E-state index is 0.510. The van der Waals surface area contributed by atoms with Crippen LogP contribution in [0.5, 0.6) is 0 Å². The van der Waals surface area contributed by atoms with E-state index in [-0.39, 0.29) is 0 Å². The van der Waals surface area contributed by atoms with E-state index in [4.69, 9.17) is 0 Å². The van der Waals surface area contributed by atoms with Crippen LogP contribution in [0.25, 0.3) is 6.20 Å². The highest BCUT2D eigenvalue weighted by molar-refractivity contribution is 5.17. The van der Waals surface area contributed by atoms with Crippen LogP contribution >= 0.6 is 0 Å². The first kappa shape index (κ1) is 15.3. The lowest BCUT2D eigenvalue weighted by Gasteiger charge is -2.39. The molecule has 1 saturated carbocycles. The zero-order valence-electron chi connectivity index (χ0n) is 13.2. The summed E-state index contributed by atoms with van der Waals surface area (Å²) < 4.78 is 1.76. The molecular formula is C17H29N3. The highest BCUT2D eigenvalue weighted by atomic mass is 15.2. The van der Waals surface area contributed by atoms with Crippen molar-refractivity contribution in [2.75, 3.05) is 0 Å². The average Bonchev–Trinajstić information content (AvgIpc) is 2.93. The number of nitrogens with one attached hydrogen (secondary N) is 1. The molecule has 1 aromatic heterocycles. The maximum absolute atomic E-state index is 4.21. The molecule has 112 valence electrons. The van der Waals surface area contributed by atoms with Crippen LogP contribution in [-0.2, 0) is 6.54 Å². The van der Waals surface area contributed by atoms with E-state index >= 15 is 0 Å². The van der Waals surface area contributed by atoms with Crippen LogP contribution in [0.15, 0.2) is 19.0 Å². The van der Waals surface area contributed by atoms with Crippen molar-refractivity contribution in [2.45, 2.75) is 65.5 Å². The second-order valence-corrected chi connectivity index (χ2v) is 6.78. The van der Waals surface area contributed by atoms with Crippen LogP contribution in [0.3, 0.4) is 0 Å². The summed E-state index contributed by atoms with van der Waals surface area (Å²) in [4.78, 5) is 0. The molecule has 20 heavy (non-hydrogen) atoms. The topological polar surface area (TPSA) is 29.9 Å². The van der Waals surface area contributed by atoms with Crippen molar-refractivity contribution in [1.82, 2.24) is 15.1 Å². The Labute approximate surface area is 123 Å². The standard InChI is InChI=1S/C17H29N3/c1-5-17(3,4)15-7-9-16(10-8-15)18-11-14-12-19-20(6-2)13-14/h6,12-13,15-16,18H,2,5,7-11H2,1,3-4H3. The monoisotopic (exact) mass is 275 g/mol. The lowest BCUT2D eigenvalue weighted by atomic mass is 9.69. The molecule has 0 amide bonds. The summed E-state index contributed by atoms with van der Waals surface area (Å²) in [6.45, 7) is 11.8. The van der Waals surface area contributed by atoms with E-state index in [0.29, 0.717) is 11.5 Å². The molecule has 1 aromatic rings. The molecule has 3 heteroatoms. The van der Waals surface area contributed by atoms with Gasteiger partial charge in [0.15, 0.2) is 0 Å². The van der Waals surface area contributed by atoms with Crippen LogP contribution in [0, 0.1) is 11.3 Å². The fraction of sp³-hybridized carbons (Fsp3) is 0.706. The lowest BCUT2D eigenvalue weighted by Crippen LogP contribution is -2.36. The third-order valence-corrected chi connectivity index (χ3v) is 5.18. The number of rotatable bonds is 6. The van der Waals surface area contributed by atoms with Crippen LogP contribution < -0.4 is 5.32 Å². The summed E-state index contributed by atoms with van der Waals surface area (Å²) in [5, 5.41) is 7.89. The SMILES string of the molecule is C=Cn1cc(CNC2CCC(C(C)(C)CC)CC2)cn1. The molecule has 0 bridgehead atoms. The van der Waals surface area contributed by atoms with Gasteiger partial charge in [0.05, 0.1) is 6.20 Å². The van der Waals surface area contributed by atoms with Crippen molar-refractivity contribution in [1.29, 1.82) is 0 Å². The number of hydrogen-bond donors (Lipinski definition) is 1. The molecule has 2 rings (SSSR count). The van der Waals surface area contributed by atoms with Gasteiger partial charge in [-0.25, -0.2) is 4.68 Å².